The van der Waals surface area contributed by atoms with Crippen LogP contribution in [0.5, 0.6) is 0 Å². The molecule has 86 valence electrons. The molecule has 0 rings (SSSR count). The molecule has 2 atom stereocenters. The SMILES string of the molecule is N[C@@H](CS)C(=O)OC(=O)[C@@H](N)CC(=O)O. The van der Waals surface area contributed by atoms with Gasteiger partial charge in [-0.2, -0.15) is 12.6 Å². The largest absolute Gasteiger partial charge is 0.481 e. The zero-order valence-electron chi connectivity index (χ0n) is 7.75. The summed E-state index contributed by atoms with van der Waals surface area (Å²) < 4.78 is 4.23. The van der Waals surface area contributed by atoms with Crippen molar-refractivity contribution >= 4 is 30.5 Å². The van der Waals surface area contributed by atoms with E-state index >= 15 is 0 Å². The van der Waals surface area contributed by atoms with Crippen molar-refractivity contribution in [1.29, 1.82) is 0 Å². The summed E-state index contributed by atoms with van der Waals surface area (Å²) in [6, 6.07) is -2.41. The minimum atomic E-state index is -1.38. The maximum absolute atomic E-state index is 11.0. The van der Waals surface area contributed by atoms with Crippen molar-refractivity contribution in [2.75, 3.05) is 5.75 Å². The average molecular weight is 236 g/mol. The number of esters is 2. The monoisotopic (exact) mass is 236 g/mol. The molecule has 7 nitrogen and oxygen atoms in total. The second kappa shape index (κ2) is 6.38. The molecule has 0 radical (unpaired) electrons. The van der Waals surface area contributed by atoms with Crippen molar-refractivity contribution in [2.24, 2.45) is 11.5 Å². The number of aliphatic carboxylic acids is 1. The molecule has 0 aromatic rings. The van der Waals surface area contributed by atoms with Crippen molar-refractivity contribution < 1.29 is 24.2 Å². The molecular weight excluding hydrogens is 224 g/mol. The average Bonchev–Trinajstić information content (AvgIpc) is 2.15. The Hall–Kier alpha value is -1.12. The first-order valence-electron chi connectivity index (χ1n) is 3.97. The highest BCUT2D eigenvalue weighted by molar-refractivity contribution is 7.80. The fraction of sp³-hybridized carbons (Fsp3) is 0.571. The molecule has 0 bridgehead atoms. The fourth-order valence-corrected chi connectivity index (χ4v) is 0.746. The molecule has 0 aromatic carbocycles. The summed E-state index contributed by atoms with van der Waals surface area (Å²) in [5.41, 5.74) is 10.3. The van der Waals surface area contributed by atoms with E-state index in [0.717, 1.165) is 0 Å². The van der Waals surface area contributed by atoms with E-state index in [4.69, 9.17) is 16.6 Å². The molecule has 0 fully saturated rings. The highest BCUT2D eigenvalue weighted by atomic mass is 32.1. The molecule has 8 heteroatoms. The quantitative estimate of drug-likeness (QED) is 0.249. The predicted octanol–water partition coefficient (Wildman–Crippen LogP) is -1.88. The van der Waals surface area contributed by atoms with Gasteiger partial charge in [-0.05, 0) is 0 Å². The Labute approximate surface area is 91.2 Å². The van der Waals surface area contributed by atoms with E-state index < -0.39 is 36.4 Å². The fourth-order valence-electron chi connectivity index (χ4n) is 0.597. The molecule has 0 aliphatic heterocycles. The van der Waals surface area contributed by atoms with Crippen LogP contribution in [0.4, 0.5) is 0 Å². The summed E-state index contributed by atoms with van der Waals surface area (Å²) in [4.78, 5) is 32.1. The summed E-state index contributed by atoms with van der Waals surface area (Å²) in [6.45, 7) is 0. The Morgan fingerprint density at radius 2 is 1.67 bits per heavy atom. The number of carbonyl (C=O) groups is 3. The molecular formula is C7H12N2O5S. The number of rotatable bonds is 5. The lowest BCUT2D eigenvalue weighted by Crippen LogP contribution is -2.41. The number of hydrogen-bond acceptors (Lipinski definition) is 7. The number of thiol groups is 1. The Balaban J connectivity index is 4.13. The Kier molecular flexibility index (Phi) is 5.90. The van der Waals surface area contributed by atoms with Crippen molar-refractivity contribution in [3.8, 4) is 0 Å². The number of nitrogens with two attached hydrogens (primary N) is 2. The maximum Gasteiger partial charge on any atom is 0.331 e. The van der Waals surface area contributed by atoms with Gasteiger partial charge >= 0.3 is 17.9 Å². The number of ether oxygens (including phenoxy) is 1. The van der Waals surface area contributed by atoms with E-state index in [2.05, 4.69) is 17.4 Å². The first kappa shape index (κ1) is 13.9. The van der Waals surface area contributed by atoms with Crippen molar-refractivity contribution in [2.45, 2.75) is 18.5 Å². The summed E-state index contributed by atoms with van der Waals surface area (Å²) >= 11 is 3.72. The van der Waals surface area contributed by atoms with Gasteiger partial charge in [0.05, 0.1) is 6.42 Å². The zero-order chi connectivity index (χ0) is 12.0. The second-order valence-electron chi connectivity index (χ2n) is 2.73. The number of carboxylic acids is 1. The van der Waals surface area contributed by atoms with Crippen molar-refractivity contribution in [3.05, 3.63) is 0 Å². The van der Waals surface area contributed by atoms with Crippen LogP contribution < -0.4 is 11.5 Å². The Morgan fingerprint density at radius 3 is 2.07 bits per heavy atom. The Bertz CT molecular complexity index is 270. The van der Waals surface area contributed by atoms with E-state index in [1.54, 1.807) is 0 Å². The molecule has 0 saturated heterocycles. The number of carboxylic acid groups (broad SMARTS) is 1. The smallest absolute Gasteiger partial charge is 0.331 e. The van der Waals surface area contributed by atoms with Gasteiger partial charge in [0.2, 0.25) is 0 Å². The summed E-state index contributed by atoms with van der Waals surface area (Å²) in [5.74, 6) is -3.33. The third-order valence-electron chi connectivity index (χ3n) is 1.40. The number of hydrogen-bond donors (Lipinski definition) is 4. The van der Waals surface area contributed by atoms with Gasteiger partial charge in [0.1, 0.15) is 12.1 Å². The van der Waals surface area contributed by atoms with E-state index in [1.165, 1.54) is 0 Å². The first-order chi connectivity index (χ1) is 6.88. The third kappa shape index (κ3) is 5.35. The van der Waals surface area contributed by atoms with Crippen molar-refractivity contribution in [3.63, 3.8) is 0 Å². The molecule has 0 aromatic heterocycles. The van der Waals surface area contributed by atoms with Crippen LogP contribution in [-0.4, -0.2) is 40.9 Å². The molecule has 15 heavy (non-hydrogen) atoms. The van der Waals surface area contributed by atoms with Gasteiger partial charge in [0.15, 0.2) is 0 Å². The summed E-state index contributed by atoms with van der Waals surface area (Å²) in [7, 11) is 0. The lowest BCUT2D eigenvalue weighted by Gasteiger charge is -2.10. The molecule has 5 N–H and O–H groups in total. The van der Waals surface area contributed by atoms with Gasteiger partial charge in [-0.25, -0.2) is 9.59 Å². The van der Waals surface area contributed by atoms with Crippen LogP contribution in [0.25, 0.3) is 0 Å². The molecule has 0 aliphatic rings. The van der Waals surface area contributed by atoms with Crippen LogP contribution in [-0.2, 0) is 19.1 Å². The second-order valence-corrected chi connectivity index (χ2v) is 3.10. The van der Waals surface area contributed by atoms with Crippen LogP contribution in [0.15, 0.2) is 0 Å². The molecule has 0 heterocycles. The van der Waals surface area contributed by atoms with E-state index in [0.29, 0.717) is 0 Å². The highest BCUT2D eigenvalue weighted by Gasteiger charge is 2.23. The van der Waals surface area contributed by atoms with Crippen LogP contribution in [0, 0.1) is 0 Å². The summed E-state index contributed by atoms with van der Waals surface area (Å²) in [5, 5.41) is 8.31. The van der Waals surface area contributed by atoms with Gasteiger partial charge < -0.3 is 21.3 Å². The van der Waals surface area contributed by atoms with Crippen LogP contribution in [0.3, 0.4) is 0 Å². The molecule has 0 spiro atoms. The predicted molar refractivity (Wildman–Crippen MR) is 53.2 cm³/mol. The normalized spacial score (nSPS) is 14.1. The third-order valence-corrected chi connectivity index (χ3v) is 1.79. The van der Waals surface area contributed by atoms with Gasteiger partial charge in [-0.1, -0.05) is 0 Å². The van der Waals surface area contributed by atoms with Gasteiger partial charge in [0, 0.05) is 5.75 Å². The van der Waals surface area contributed by atoms with E-state index in [-0.39, 0.29) is 5.75 Å². The lowest BCUT2D eigenvalue weighted by molar-refractivity contribution is -0.162. The topological polar surface area (TPSA) is 133 Å². The Morgan fingerprint density at radius 1 is 1.20 bits per heavy atom. The maximum atomic E-state index is 11.0. The van der Waals surface area contributed by atoms with Gasteiger partial charge in [0.25, 0.3) is 0 Å². The van der Waals surface area contributed by atoms with Crippen LogP contribution in [0.1, 0.15) is 6.42 Å². The van der Waals surface area contributed by atoms with Crippen LogP contribution >= 0.6 is 12.6 Å². The minimum Gasteiger partial charge on any atom is -0.481 e. The molecule has 0 aliphatic carbocycles. The van der Waals surface area contributed by atoms with Crippen molar-refractivity contribution in [1.82, 2.24) is 0 Å². The minimum absolute atomic E-state index is 0.0142. The van der Waals surface area contributed by atoms with Gasteiger partial charge in [-0.3, -0.25) is 4.79 Å². The van der Waals surface area contributed by atoms with E-state index in [9.17, 15) is 14.4 Å². The summed E-state index contributed by atoms with van der Waals surface area (Å²) in [6.07, 6.45) is -0.609. The number of carbonyl (C=O) groups excluding carboxylic acids is 2. The molecule has 0 amide bonds. The molecule has 0 saturated carbocycles. The first-order valence-corrected chi connectivity index (χ1v) is 4.61. The standard InChI is InChI=1S/C7H12N2O5S/c8-3(1-5(10)11)6(12)14-7(13)4(9)2-15/h3-4,15H,1-2,8-9H2,(H,10,11)/t3-,4-/m0/s1. The zero-order valence-corrected chi connectivity index (χ0v) is 8.65. The van der Waals surface area contributed by atoms with Crippen LogP contribution in [0.2, 0.25) is 0 Å². The molecule has 0 unspecified atom stereocenters. The van der Waals surface area contributed by atoms with E-state index in [1.807, 2.05) is 0 Å². The lowest BCUT2D eigenvalue weighted by atomic mass is 10.2. The highest BCUT2D eigenvalue weighted by Crippen LogP contribution is 1.95. The van der Waals surface area contributed by atoms with Gasteiger partial charge in [-0.15, -0.1) is 0 Å².